The molecule has 1 heterocycles. The van der Waals surface area contributed by atoms with E-state index in [1.54, 1.807) is 12.1 Å². The smallest absolute Gasteiger partial charge is 0.219 e. The van der Waals surface area contributed by atoms with Crippen LogP contribution in [0.4, 0.5) is 4.39 Å². The van der Waals surface area contributed by atoms with Gasteiger partial charge >= 0.3 is 0 Å². The number of carbonyl (C=O) groups is 1. The standard InChI is InChI=1S/C15H12FNO2/c1-2-10-7-8-14(19-10)15(18)12(9-17)11-5-3-4-6-13(11)16/h3-8,12H,2H2,1H3. The first kappa shape index (κ1) is 13.0. The maximum atomic E-state index is 13.6. The summed E-state index contributed by atoms with van der Waals surface area (Å²) in [4.78, 5) is 12.2. The average molecular weight is 257 g/mol. The molecular weight excluding hydrogens is 245 g/mol. The predicted octanol–water partition coefficient (Wildman–Crippen LogP) is 3.47. The summed E-state index contributed by atoms with van der Waals surface area (Å²) >= 11 is 0. The summed E-state index contributed by atoms with van der Waals surface area (Å²) in [6, 6.07) is 10.8. The highest BCUT2D eigenvalue weighted by molar-refractivity contribution is 6.00. The minimum Gasteiger partial charge on any atom is -0.458 e. The summed E-state index contributed by atoms with van der Waals surface area (Å²) < 4.78 is 19.0. The van der Waals surface area contributed by atoms with Crippen molar-refractivity contribution in [3.05, 3.63) is 59.3 Å². The number of ketones is 1. The topological polar surface area (TPSA) is 54.0 Å². The van der Waals surface area contributed by atoms with Crippen LogP contribution in [0.15, 0.2) is 40.8 Å². The maximum Gasteiger partial charge on any atom is 0.219 e. The van der Waals surface area contributed by atoms with Crippen LogP contribution in [0.2, 0.25) is 0 Å². The lowest BCUT2D eigenvalue weighted by Crippen LogP contribution is -2.12. The second-order valence-corrected chi connectivity index (χ2v) is 4.07. The first-order valence-corrected chi connectivity index (χ1v) is 5.94. The second-order valence-electron chi connectivity index (χ2n) is 4.07. The normalized spacial score (nSPS) is 11.8. The van der Waals surface area contributed by atoms with Gasteiger partial charge < -0.3 is 4.42 Å². The van der Waals surface area contributed by atoms with E-state index in [2.05, 4.69) is 0 Å². The van der Waals surface area contributed by atoms with Gasteiger partial charge in [-0.25, -0.2) is 4.39 Å². The summed E-state index contributed by atoms with van der Waals surface area (Å²) in [6.45, 7) is 1.89. The first-order chi connectivity index (χ1) is 9.17. The van der Waals surface area contributed by atoms with Gasteiger partial charge in [0.1, 0.15) is 17.5 Å². The highest BCUT2D eigenvalue weighted by Gasteiger charge is 2.26. The van der Waals surface area contributed by atoms with Gasteiger partial charge in [0.2, 0.25) is 5.78 Å². The van der Waals surface area contributed by atoms with Crippen molar-refractivity contribution in [2.24, 2.45) is 0 Å². The average Bonchev–Trinajstić information content (AvgIpc) is 2.90. The van der Waals surface area contributed by atoms with Crippen molar-refractivity contribution in [2.75, 3.05) is 0 Å². The molecule has 0 fully saturated rings. The van der Waals surface area contributed by atoms with E-state index in [0.29, 0.717) is 12.2 Å². The SMILES string of the molecule is CCc1ccc(C(=O)C(C#N)c2ccccc2F)o1. The van der Waals surface area contributed by atoms with Crippen LogP contribution in [0.3, 0.4) is 0 Å². The fraction of sp³-hybridized carbons (Fsp3) is 0.200. The van der Waals surface area contributed by atoms with Crippen molar-refractivity contribution >= 4 is 5.78 Å². The molecule has 0 aliphatic heterocycles. The number of nitrogens with zero attached hydrogens (tertiary/aromatic N) is 1. The van der Waals surface area contributed by atoms with Gasteiger partial charge in [0.15, 0.2) is 5.76 Å². The van der Waals surface area contributed by atoms with Crippen LogP contribution in [0, 0.1) is 17.1 Å². The second kappa shape index (κ2) is 5.49. The zero-order valence-electron chi connectivity index (χ0n) is 10.4. The molecule has 2 rings (SSSR count). The van der Waals surface area contributed by atoms with E-state index in [-0.39, 0.29) is 11.3 Å². The molecule has 1 aromatic carbocycles. The number of carbonyl (C=O) groups excluding carboxylic acids is 1. The van der Waals surface area contributed by atoms with E-state index in [1.165, 1.54) is 24.3 Å². The van der Waals surface area contributed by atoms with Crippen molar-refractivity contribution in [1.29, 1.82) is 5.26 Å². The molecule has 0 saturated carbocycles. The van der Waals surface area contributed by atoms with E-state index < -0.39 is 17.5 Å². The van der Waals surface area contributed by atoms with Gasteiger partial charge in [-0.3, -0.25) is 4.79 Å². The summed E-state index contributed by atoms with van der Waals surface area (Å²) in [5.41, 5.74) is 0.0736. The van der Waals surface area contributed by atoms with Crippen molar-refractivity contribution in [3.63, 3.8) is 0 Å². The van der Waals surface area contributed by atoms with Crippen LogP contribution in [0.25, 0.3) is 0 Å². The molecule has 4 heteroatoms. The number of aryl methyl sites for hydroxylation is 1. The Labute approximate surface area is 110 Å². The molecule has 96 valence electrons. The lowest BCUT2D eigenvalue weighted by atomic mass is 9.94. The zero-order chi connectivity index (χ0) is 13.8. The third-order valence-electron chi connectivity index (χ3n) is 2.86. The van der Waals surface area contributed by atoms with Crippen molar-refractivity contribution in [2.45, 2.75) is 19.3 Å². The molecule has 1 atom stereocenters. The highest BCUT2D eigenvalue weighted by atomic mass is 19.1. The first-order valence-electron chi connectivity index (χ1n) is 5.94. The molecule has 0 aliphatic carbocycles. The Kier molecular flexibility index (Phi) is 3.76. The van der Waals surface area contributed by atoms with Crippen molar-refractivity contribution < 1.29 is 13.6 Å². The largest absolute Gasteiger partial charge is 0.458 e. The Morgan fingerprint density at radius 1 is 1.37 bits per heavy atom. The Balaban J connectivity index is 2.35. The lowest BCUT2D eigenvalue weighted by molar-refractivity contribution is 0.0949. The summed E-state index contributed by atoms with van der Waals surface area (Å²) in [5, 5.41) is 9.12. The van der Waals surface area contributed by atoms with Crippen LogP contribution in [0.5, 0.6) is 0 Å². The van der Waals surface area contributed by atoms with E-state index in [9.17, 15) is 9.18 Å². The third kappa shape index (κ3) is 2.55. The molecule has 1 unspecified atom stereocenters. The molecule has 0 spiro atoms. The third-order valence-corrected chi connectivity index (χ3v) is 2.86. The van der Waals surface area contributed by atoms with Gasteiger partial charge in [0.05, 0.1) is 6.07 Å². The number of furan rings is 1. The van der Waals surface area contributed by atoms with Gasteiger partial charge in [-0.15, -0.1) is 0 Å². The Morgan fingerprint density at radius 3 is 2.68 bits per heavy atom. The van der Waals surface area contributed by atoms with Crippen molar-refractivity contribution in [3.8, 4) is 6.07 Å². The van der Waals surface area contributed by atoms with E-state index >= 15 is 0 Å². The number of Topliss-reactive ketones (excluding diaryl/α,β-unsaturated/α-hetero) is 1. The van der Waals surface area contributed by atoms with Crippen LogP contribution in [-0.2, 0) is 6.42 Å². The molecule has 0 radical (unpaired) electrons. The van der Waals surface area contributed by atoms with E-state index in [1.807, 2.05) is 13.0 Å². The summed E-state index contributed by atoms with van der Waals surface area (Å²) in [7, 11) is 0. The number of halogens is 1. The van der Waals surface area contributed by atoms with Crippen LogP contribution in [-0.4, -0.2) is 5.78 Å². The minimum absolute atomic E-state index is 0.0736. The maximum absolute atomic E-state index is 13.6. The van der Waals surface area contributed by atoms with Gasteiger partial charge in [-0.05, 0) is 18.2 Å². The molecule has 0 aliphatic rings. The Hall–Kier alpha value is -2.41. The zero-order valence-corrected chi connectivity index (χ0v) is 10.4. The molecule has 0 bridgehead atoms. The fourth-order valence-corrected chi connectivity index (χ4v) is 1.82. The number of benzene rings is 1. The minimum atomic E-state index is -1.18. The quantitative estimate of drug-likeness (QED) is 0.788. The Morgan fingerprint density at radius 2 is 2.11 bits per heavy atom. The van der Waals surface area contributed by atoms with Gasteiger partial charge in [-0.2, -0.15) is 5.26 Å². The Bertz CT molecular complexity index is 640. The van der Waals surface area contributed by atoms with Gasteiger partial charge in [0, 0.05) is 12.0 Å². The molecule has 3 nitrogen and oxygen atoms in total. The van der Waals surface area contributed by atoms with Crippen LogP contribution in [0.1, 0.15) is 34.7 Å². The van der Waals surface area contributed by atoms with Crippen LogP contribution < -0.4 is 0 Å². The summed E-state index contributed by atoms with van der Waals surface area (Å²) in [5.74, 6) is -1.52. The predicted molar refractivity (Wildman–Crippen MR) is 67.2 cm³/mol. The fourth-order valence-electron chi connectivity index (χ4n) is 1.82. The molecule has 1 aromatic heterocycles. The molecule has 0 amide bonds. The highest BCUT2D eigenvalue weighted by Crippen LogP contribution is 2.24. The number of nitriles is 1. The molecule has 0 N–H and O–H groups in total. The van der Waals surface area contributed by atoms with E-state index in [4.69, 9.17) is 9.68 Å². The van der Waals surface area contributed by atoms with Gasteiger partial charge in [0.25, 0.3) is 0 Å². The van der Waals surface area contributed by atoms with Crippen LogP contribution >= 0.6 is 0 Å². The monoisotopic (exact) mass is 257 g/mol. The number of hydrogen-bond acceptors (Lipinski definition) is 3. The molecular formula is C15H12FNO2. The van der Waals surface area contributed by atoms with Gasteiger partial charge in [-0.1, -0.05) is 25.1 Å². The van der Waals surface area contributed by atoms with Crippen molar-refractivity contribution in [1.82, 2.24) is 0 Å². The molecule has 2 aromatic rings. The number of hydrogen-bond donors (Lipinski definition) is 0. The summed E-state index contributed by atoms with van der Waals surface area (Å²) in [6.07, 6.45) is 0.657. The molecule has 19 heavy (non-hydrogen) atoms. The van der Waals surface area contributed by atoms with E-state index in [0.717, 1.165) is 0 Å². The molecule has 0 saturated heterocycles. The lowest BCUT2D eigenvalue weighted by Gasteiger charge is -2.07. The number of rotatable bonds is 4.